The van der Waals surface area contributed by atoms with Crippen LogP contribution in [0.15, 0.2) is 60.7 Å². The van der Waals surface area contributed by atoms with Crippen molar-refractivity contribution in [3.05, 3.63) is 72.0 Å². The zero-order valence-electron chi connectivity index (χ0n) is 17.8. The molecule has 3 fully saturated rings. The first-order chi connectivity index (χ1) is 16.5. The molecule has 168 valence electrons. The molecule has 3 aliphatic rings. The molecule has 3 aromatic carbocycles. The summed E-state index contributed by atoms with van der Waals surface area (Å²) in [5.74, 6) is -0.786. The maximum absolute atomic E-state index is 13.5. The fourth-order valence-corrected chi connectivity index (χ4v) is 5.42. The highest BCUT2D eigenvalue weighted by molar-refractivity contribution is 6.25. The number of imide groups is 1. The van der Waals surface area contributed by atoms with Gasteiger partial charge in [-0.15, -0.1) is 0 Å². The molecule has 0 spiro atoms. The Hall–Kier alpha value is -4.45. The van der Waals surface area contributed by atoms with Crippen LogP contribution >= 0.6 is 0 Å². The number of piperazine rings is 1. The second-order valence-corrected chi connectivity index (χ2v) is 8.64. The van der Waals surface area contributed by atoms with Gasteiger partial charge in [-0.25, -0.2) is 18.9 Å². The second-order valence-electron chi connectivity index (χ2n) is 8.64. The summed E-state index contributed by atoms with van der Waals surface area (Å²) in [6.45, 7) is 0.315. The lowest BCUT2D eigenvalue weighted by Crippen LogP contribution is -2.55. The number of rotatable bonds is 2. The van der Waals surface area contributed by atoms with Gasteiger partial charge < -0.3 is 15.1 Å². The van der Waals surface area contributed by atoms with E-state index in [0.717, 1.165) is 0 Å². The van der Waals surface area contributed by atoms with Crippen LogP contribution in [0.25, 0.3) is 10.8 Å². The summed E-state index contributed by atoms with van der Waals surface area (Å²) in [6, 6.07) is 15.7. The summed E-state index contributed by atoms with van der Waals surface area (Å²) >= 11 is 0. The Morgan fingerprint density at radius 1 is 1.03 bits per heavy atom. The molecule has 34 heavy (non-hydrogen) atoms. The Balaban J connectivity index is 1.31. The Bertz CT molecular complexity index is 1420. The maximum Gasteiger partial charge on any atom is 0.332 e. The van der Waals surface area contributed by atoms with Crippen molar-refractivity contribution in [3.63, 3.8) is 0 Å². The molecule has 3 aromatic rings. The minimum absolute atomic E-state index is 0.264. The minimum Gasteiger partial charge on any atom is -0.317 e. The van der Waals surface area contributed by atoms with Gasteiger partial charge in [0.15, 0.2) is 0 Å². The number of hydrogen-bond acceptors (Lipinski definition) is 4. The zero-order valence-corrected chi connectivity index (χ0v) is 17.8. The molecule has 3 heterocycles. The molecule has 1 N–H and O–H groups in total. The third-order valence-electron chi connectivity index (χ3n) is 6.88. The summed E-state index contributed by atoms with van der Waals surface area (Å²) in [6.07, 6.45) is 0.529. The second kappa shape index (κ2) is 7.28. The number of nitrogens with zero attached hydrogens (tertiary/aromatic N) is 4. The number of amides is 5. The lowest BCUT2D eigenvalue weighted by molar-refractivity contribution is -0.120. The number of urea groups is 2. The molecule has 3 saturated heterocycles. The van der Waals surface area contributed by atoms with Gasteiger partial charge in [-0.05, 0) is 42.8 Å². The molecule has 0 aliphatic carbocycles. The van der Waals surface area contributed by atoms with Crippen molar-refractivity contribution in [1.82, 2.24) is 9.80 Å². The number of fused-ring (bicyclic) bond motifs is 6. The van der Waals surface area contributed by atoms with E-state index in [1.54, 1.807) is 46.2 Å². The molecule has 2 bridgehead atoms. The highest BCUT2D eigenvalue weighted by Gasteiger charge is 2.63. The van der Waals surface area contributed by atoms with E-state index in [-0.39, 0.29) is 18.0 Å². The van der Waals surface area contributed by atoms with Crippen LogP contribution in [0.3, 0.4) is 0 Å². The van der Waals surface area contributed by atoms with Crippen molar-refractivity contribution in [3.8, 4) is 6.07 Å². The van der Waals surface area contributed by atoms with Gasteiger partial charge in [0.05, 0.1) is 29.4 Å². The lowest BCUT2D eigenvalue weighted by atomic mass is 10.0. The molecular weight excluding hydrogens is 437 g/mol. The number of nitriles is 1. The predicted octanol–water partition coefficient (Wildman–Crippen LogP) is 3.68. The summed E-state index contributed by atoms with van der Waals surface area (Å²) < 4.78 is 13.2. The van der Waals surface area contributed by atoms with E-state index in [0.29, 0.717) is 40.7 Å². The fourth-order valence-electron chi connectivity index (χ4n) is 5.42. The van der Waals surface area contributed by atoms with E-state index in [1.165, 1.54) is 29.2 Å². The highest BCUT2D eigenvalue weighted by Crippen LogP contribution is 2.43. The number of hydrogen-bond donors (Lipinski definition) is 1. The summed E-state index contributed by atoms with van der Waals surface area (Å²) in [5.41, 5.74) is 1.34. The number of benzene rings is 3. The average Bonchev–Trinajstić information content (AvgIpc) is 3.51. The van der Waals surface area contributed by atoms with E-state index in [4.69, 9.17) is 0 Å². The van der Waals surface area contributed by atoms with Crippen molar-refractivity contribution >= 4 is 40.1 Å². The predicted molar refractivity (Wildman–Crippen MR) is 121 cm³/mol. The number of halogens is 1. The molecule has 3 unspecified atom stereocenters. The number of carbonyl (C=O) groups is 3. The van der Waals surface area contributed by atoms with Crippen molar-refractivity contribution in [2.75, 3.05) is 16.8 Å². The first-order valence-corrected chi connectivity index (χ1v) is 10.9. The third kappa shape index (κ3) is 2.78. The smallest absolute Gasteiger partial charge is 0.317 e. The molecule has 6 rings (SSSR count). The zero-order chi connectivity index (χ0) is 23.6. The molecule has 3 aliphatic heterocycles. The number of nitrogens with one attached hydrogen (secondary N) is 1. The molecule has 0 saturated carbocycles. The first kappa shape index (κ1) is 20.2. The number of carbonyl (C=O) groups excluding carboxylic acids is 3. The number of likely N-dealkylation sites (tertiary alicyclic amines) is 1. The minimum atomic E-state index is -0.764. The van der Waals surface area contributed by atoms with Gasteiger partial charge in [0.25, 0.3) is 5.91 Å². The SMILES string of the molecule is N#Cc1ccc(N2C(=O)C3C4CC(CN4C(=O)Nc4ccc(F)cc4)N3C2=O)c2ccccc12. The van der Waals surface area contributed by atoms with Crippen LogP contribution in [0.1, 0.15) is 12.0 Å². The molecule has 0 radical (unpaired) electrons. The third-order valence-corrected chi connectivity index (χ3v) is 6.88. The average molecular weight is 455 g/mol. The van der Waals surface area contributed by atoms with Gasteiger partial charge >= 0.3 is 12.1 Å². The molecular formula is C25H18FN5O3. The van der Waals surface area contributed by atoms with E-state index in [2.05, 4.69) is 11.4 Å². The molecule has 8 nitrogen and oxygen atoms in total. The van der Waals surface area contributed by atoms with E-state index in [1.807, 2.05) is 0 Å². The van der Waals surface area contributed by atoms with Gasteiger partial charge in [0, 0.05) is 23.0 Å². The van der Waals surface area contributed by atoms with Crippen LogP contribution in [-0.4, -0.2) is 52.4 Å². The normalized spacial score (nSPS) is 22.9. The molecule has 0 aromatic heterocycles. The molecule has 5 amide bonds. The summed E-state index contributed by atoms with van der Waals surface area (Å²) in [4.78, 5) is 44.2. The van der Waals surface area contributed by atoms with Crippen molar-refractivity contribution in [1.29, 1.82) is 5.26 Å². The van der Waals surface area contributed by atoms with Gasteiger partial charge in [-0.2, -0.15) is 5.26 Å². The van der Waals surface area contributed by atoms with E-state index in [9.17, 15) is 24.0 Å². The summed E-state index contributed by atoms with van der Waals surface area (Å²) in [7, 11) is 0. The van der Waals surface area contributed by atoms with Crippen LogP contribution in [-0.2, 0) is 4.79 Å². The Kier molecular flexibility index (Phi) is 4.32. The Labute approximate surface area is 193 Å². The van der Waals surface area contributed by atoms with Crippen LogP contribution in [0.4, 0.5) is 25.4 Å². The van der Waals surface area contributed by atoms with Crippen LogP contribution in [0.2, 0.25) is 0 Å². The van der Waals surface area contributed by atoms with E-state index < -0.39 is 23.9 Å². The van der Waals surface area contributed by atoms with Crippen molar-refractivity contribution in [2.24, 2.45) is 0 Å². The monoisotopic (exact) mass is 455 g/mol. The largest absolute Gasteiger partial charge is 0.332 e. The Morgan fingerprint density at radius 2 is 1.76 bits per heavy atom. The summed E-state index contributed by atoms with van der Waals surface area (Å²) in [5, 5.41) is 13.5. The van der Waals surface area contributed by atoms with Gasteiger partial charge in [-0.1, -0.05) is 24.3 Å². The van der Waals surface area contributed by atoms with Crippen molar-refractivity contribution in [2.45, 2.75) is 24.5 Å². The lowest BCUT2D eigenvalue weighted by Gasteiger charge is -2.34. The quantitative estimate of drug-likeness (QED) is 0.597. The van der Waals surface area contributed by atoms with Crippen LogP contribution < -0.4 is 10.2 Å². The Morgan fingerprint density at radius 3 is 2.50 bits per heavy atom. The van der Waals surface area contributed by atoms with E-state index >= 15 is 0 Å². The standard InChI is InChI=1S/C25H18FN5O3/c26-15-6-8-16(9-7-15)28-24(33)29-13-17-11-21(29)22-23(32)31(25(34)30(17)22)20-10-5-14(12-27)18-3-1-2-4-19(18)20/h1-10,17,21-22H,11,13H2,(H,28,33). The molecule has 9 heteroatoms. The van der Waals surface area contributed by atoms with Gasteiger partial charge in [-0.3, -0.25) is 4.79 Å². The highest BCUT2D eigenvalue weighted by atomic mass is 19.1. The number of anilines is 2. The van der Waals surface area contributed by atoms with Crippen molar-refractivity contribution < 1.29 is 18.8 Å². The molecule has 3 atom stereocenters. The van der Waals surface area contributed by atoms with Crippen LogP contribution in [0.5, 0.6) is 0 Å². The van der Waals surface area contributed by atoms with Gasteiger partial charge in [0.2, 0.25) is 0 Å². The topological polar surface area (TPSA) is 96.8 Å². The van der Waals surface area contributed by atoms with Gasteiger partial charge in [0.1, 0.15) is 11.9 Å². The first-order valence-electron chi connectivity index (χ1n) is 10.9. The van der Waals surface area contributed by atoms with Crippen LogP contribution in [0, 0.1) is 17.1 Å². The maximum atomic E-state index is 13.5. The fraction of sp³-hybridized carbons (Fsp3) is 0.200.